The van der Waals surface area contributed by atoms with Gasteiger partial charge in [-0.1, -0.05) is 18.9 Å². The third-order valence-electron chi connectivity index (χ3n) is 3.65. The second-order valence-corrected chi connectivity index (χ2v) is 5.14. The smallest absolute Gasteiger partial charge is 0.393 e. The molecule has 1 aliphatic rings. The molecule has 1 saturated carbocycles. The van der Waals surface area contributed by atoms with Gasteiger partial charge in [-0.25, -0.2) is 0 Å². The van der Waals surface area contributed by atoms with Crippen molar-refractivity contribution in [2.75, 3.05) is 5.73 Å². The number of alkyl halides is 3. The van der Waals surface area contributed by atoms with Crippen LogP contribution in [0.4, 0.5) is 18.9 Å². The maximum absolute atomic E-state index is 12.9. The first-order valence-electron chi connectivity index (χ1n) is 6.61. The summed E-state index contributed by atoms with van der Waals surface area (Å²) in [4.78, 5) is 12.0. The van der Waals surface area contributed by atoms with Crippen LogP contribution in [-0.2, 0) is 0 Å². The largest absolute Gasteiger partial charge is 0.399 e. The van der Waals surface area contributed by atoms with E-state index in [4.69, 9.17) is 5.73 Å². The fourth-order valence-corrected chi connectivity index (χ4v) is 2.63. The molecule has 0 heterocycles. The van der Waals surface area contributed by atoms with Gasteiger partial charge in [-0.3, -0.25) is 4.79 Å². The van der Waals surface area contributed by atoms with Crippen LogP contribution in [0.5, 0.6) is 0 Å². The van der Waals surface area contributed by atoms with Gasteiger partial charge in [0.2, 0.25) is 0 Å². The lowest BCUT2D eigenvalue weighted by Crippen LogP contribution is -2.47. The molecule has 1 fully saturated rings. The summed E-state index contributed by atoms with van der Waals surface area (Å²) in [6.07, 6.45) is -2.58. The van der Waals surface area contributed by atoms with Gasteiger partial charge in [-0.05, 0) is 31.0 Å². The second kappa shape index (κ2) is 5.73. The van der Waals surface area contributed by atoms with Gasteiger partial charge in [0.1, 0.15) is 0 Å². The van der Waals surface area contributed by atoms with E-state index in [0.29, 0.717) is 24.9 Å². The molecule has 0 aliphatic heterocycles. The number of carbonyl (C=O) groups is 1. The number of anilines is 1. The SMILES string of the molecule is Nc1cccc(C(=O)NC2CCCCC2C(F)(F)F)c1. The Bertz CT molecular complexity index is 488. The van der Waals surface area contributed by atoms with Gasteiger partial charge in [0, 0.05) is 17.3 Å². The number of hydrogen-bond donors (Lipinski definition) is 2. The lowest BCUT2D eigenvalue weighted by Gasteiger charge is -2.33. The van der Waals surface area contributed by atoms with E-state index in [9.17, 15) is 18.0 Å². The summed E-state index contributed by atoms with van der Waals surface area (Å²) in [5.41, 5.74) is 6.27. The molecule has 1 aromatic carbocycles. The van der Waals surface area contributed by atoms with Crippen molar-refractivity contribution in [3.05, 3.63) is 29.8 Å². The number of halogens is 3. The van der Waals surface area contributed by atoms with Gasteiger partial charge < -0.3 is 11.1 Å². The van der Waals surface area contributed by atoms with E-state index in [-0.39, 0.29) is 12.0 Å². The molecule has 2 atom stereocenters. The summed E-state index contributed by atoms with van der Waals surface area (Å²) in [6.45, 7) is 0. The molecule has 2 rings (SSSR count). The standard InChI is InChI=1S/C14H17F3N2O/c15-14(16,17)11-6-1-2-7-12(11)19-13(20)9-4-3-5-10(18)8-9/h3-5,8,11-12H,1-2,6-7,18H2,(H,19,20). The number of nitrogens with two attached hydrogens (primary N) is 1. The van der Waals surface area contributed by atoms with Crippen LogP contribution in [0, 0.1) is 5.92 Å². The number of nitrogen functional groups attached to an aromatic ring is 1. The Balaban J connectivity index is 2.09. The predicted molar refractivity (Wildman–Crippen MR) is 70.1 cm³/mol. The zero-order valence-electron chi connectivity index (χ0n) is 10.9. The van der Waals surface area contributed by atoms with Crippen LogP contribution in [0.25, 0.3) is 0 Å². The van der Waals surface area contributed by atoms with Crippen LogP contribution in [-0.4, -0.2) is 18.1 Å². The minimum Gasteiger partial charge on any atom is -0.399 e. The van der Waals surface area contributed by atoms with Crippen LogP contribution in [0.3, 0.4) is 0 Å². The Morgan fingerprint density at radius 1 is 1.25 bits per heavy atom. The monoisotopic (exact) mass is 286 g/mol. The van der Waals surface area contributed by atoms with Crippen molar-refractivity contribution < 1.29 is 18.0 Å². The zero-order valence-corrected chi connectivity index (χ0v) is 10.9. The molecule has 1 aliphatic carbocycles. The Morgan fingerprint density at radius 2 is 1.95 bits per heavy atom. The molecule has 6 heteroatoms. The third kappa shape index (κ3) is 3.43. The highest BCUT2D eigenvalue weighted by molar-refractivity contribution is 5.95. The molecule has 3 N–H and O–H groups in total. The fourth-order valence-electron chi connectivity index (χ4n) is 2.63. The Hall–Kier alpha value is -1.72. The molecular formula is C14H17F3N2O. The second-order valence-electron chi connectivity index (χ2n) is 5.14. The Kier molecular flexibility index (Phi) is 4.20. The van der Waals surface area contributed by atoms with Crippen molar-refractivity contribution in [2.24, 2.45) is 5.92 Å². The summed E-state index contributed by atoms with van der Waals surface area (Å²) in [6, 6.07) is 5.37. The molecular weight excluding hydrogens is 269 g/mol. The molecule has 0 aromatic heterocycles. The van der Waals surface area contributed by atoms with Crippen LogP contribution in [0.1, 0.15) is 36.0 Å². The molecule has 2 unspecified atom stereocenters. The molecule has 110 valence electrons. The number of nitrogens with one attached hydrogen (secondary N) is 1. The van der Waals surface area contributed by atoms with Crippen LogP contribution in [0.15, 0.2) is 24.3 Å². The summed E-state index contributed by atoms with van der Waals surface area (Å²) in [5, 5.41) is 2.50. The fraction of sp³-hybridized carbons (Fsp3) is 0.500. The van der Waals surface area contributed by atoms with Crippen molar-refractivity contribution in [3.8, 4) is 0 Å². The van der Waals surface area contributed by atoms with Crippen molar-refractivity contribution in [1.82, 2.24) is 5.32 Å². The highest BCUT2D eigenvalue weighted by atomic mass is 19.4. The first-order valence-corrected chi connectivity index (χ1v) is 6.61. The van der Waals surface area contributed by atoms with Gasteiger partial charge in [-0.2, -0.15) is 13.2 Å². The van der Waals surface area contributed by atoms with E-state index in [1.807, 2.05) is 0 Å². The zero-order chi connectivity index (χ0) is 14.8. The van der Waals surface area contributed by atoms with Crippen LogP contribution >= 0.6 is 0 Å². The van der Waals surface area contributed by atoms with Gasteiger partial charge in [0.15, 0.2) is 0 Å². The number of benzene rings is 1. The summed E-state index contributed by atoms with van der Waals surface area (Å²) in [5.74, 6) is -1.96. The molecule has 1 aromatic rings. The third-order valence-corrected chi connectivity index (χ3v) is 3.65. The topological polar surface area (TPSA) is 55.1 Å². The lowest BCUT2D eigenvalue weighted by atomic mass is 9.84. The Morgan fingerprint density at radius 3 is 2.60 bits per heavy atom. The average molecular weight is 286 g/mol. The summed E-state index contributed by atoms with van der Waals surface area (Å²) < 4.78 is 38.8. The number of hydrogen-bond acceptors (Lipinski definition) is 2. The van der Waals surface area contributed by atoms with Gasteiger partial charge >= 0.3 is 6.18 Å². The number of rotatable bonds is 2. The lowest BCUT2D eigenvalue weighted by molar-refractivity contribution is -0.187. The van der Waals surface area contributed by atoms with E-state index in [1.165, 1.54) is 12.1 Å². The predicted octanol–water partition coefficient (Wildman–Crippen LogP) is 3.12. The van der Waals surface area contributed by atoms with Gasteiger partial charge in [-0.15, -0.1) is 0 Å². The first-order chi connectivity index (χ1) is 9.38. The van der Waals surface area contributed by atoms with Crippen molar-refractivity contribution in [2.45, 2.75) is 37.9 Å². The Labute approximate surface area is 115 Å². The van der Waals surface area contributed by atoms with E-state index in [0.717, 1.165) is 0 Å². The minimum absolute atomic E-state index is 0.0748. The van der Waals surface area contributed by atoms with Crippen molar-refractivity contribution in [1.29, 1.82) is 0 Å². The van der Waals surface area contributed by atoms with E-state index in [1.54, 1.807) is 12.1 Å². The molecule has 1 amide bonds. The van der Waals surface area contributed by atoms with E-state index < -0.39 is 24.0 Å². The van der Waals surface area contributed by atoms with Crippen molar-refractivity contribution in [3.63, 3.8) is 0 Å². The van der Waals surface area contributed by atoms with Gasteiger partial charge in [0.05, 0.1) is 5.92 Å². The van der Waals surface area contributed by atoms with Crippen LogP contribution in [0.2, 0.25) is 0 Å². The normalized spacial score (nSPS) is 23.4. The maximum atomic E-state index is 12.9. The van der Waals surface area contributed by atoms with E-state index >= 15 is 0 Å². The maximum Gasteiger partial charge on any atom is 0.393 e. The molecule has 0 radical (unpaired) electrons. The summed E-state index contributed by atoms with van der Waals surface area (Å²) in [7, 11) is 0. The highest BCUT2D eigenvalue weighted by Gasteiger charge is 2.45. The number of carbonyl (C=O) groups excluding carboxylic acids is 1. The quantitative estimate of drug-likeness (QED) is 0.821. The molecule has 3 nitrogen and oxygen atoms in total. The minimum atomic E-state index is -4.27. The molecule has 0 saturated heterocycles. The highest BCUT2D eigenvalue weighted by Crippen LogP contribution is 2.37. The first kappa shape index (κ1) is 14.7. The molecule has 20 heavy (non-hydrogen) atoms. The molecule has 0 bridgehead atoms. The van der Waals surface area contributed by atoms with E-state index in [2.05, 4.69) is 5.32 Å². The molecule has 0 spiro atoms. The average Bonchev–Trinajstić information content (AvgIpc) is 2.38. The number of amides is 1. The summed E-state index contributed by atoms with van der Waals surface area (Å²) >= 11 is 0. The van der Waals surface area contributed by atoms with Crippen LogP contribution < -0.4 is 11.1 Å². The van der Waals surface area contributed by atoms with Crippen molar-refractivity contribution >= 4 is 11.6 Å². The van der Waals surface area contributed by atoms with Gasteiger partial charge in [0.25, 0.3) is 5.91 Å².